The van der Waals surface area contributed by atoms with Crippen molar-refractivity contribution in [2.45, 2.75) is 6.92 Å². The van der Waals surface area contributed by atoms with Gasteiger partial charge in [0.1, 0.15) is 0 Å². The lowest BCUT2D eigenvalue weighted by Crippen LogP contribution is -2.18. The van der Waals surface area contributed by atoms with Crippen molar-refractivity contribution in [2.24, 2.45) is 5.10 Å². The zero-order valence-electron chi connectivity index (χ0n) is 14.1. The molecule has 2 aromatic carbocycles. The van der Waals surface area contributed by atoms with Crippen molar-refractivity contribution < 1.29 is 19.0 Å². The Labute approximate surface area is 141 Å². The maximum Gasteiger partial charge on any atom is 0.271 e. The van der Waals surface area contributed by atoms with Gasteiger partial charge in [0.25, 0.3) is 5.91 Å². The lowest BCUT2D eigenvalue weighted by molar-refractivity contribution is 0.0954. The summed E-state index contributed by atoms with van der Waals surface area (Å²) in [7, 11) is 4.62. The number of hydrogen-bond donors (Lipinski definition) is 1. The molecule has 6 nitrogen and oxygen atoms in total. The molecule has 0 aliphatic carbocycles. The van der Waals surface area contributed by atoms with E-state index >= 15 is 0 Å². The van der Waals surface area contributed by atoms with Crippen LogP contribution in [0.5, 0.6) is 17.2 Å². The minimum absolute atomic E-state index is 0.267. The van der Waals surface area contributed by atoms with Crippen LogP contribution in [-0.4, -0.2) is 33.5 Å². The molecule has 126 valence electrons. The van der Waals surface area contributed by atoms with Crippen LogP contribution >= 0.6 is 0 Å². The first-order valence-corrected chi connectivity index (χ1v) is 7.29. The summed E-state index contributed by atoms with van der Waals surface area (Å²) in [6.07, 6.45) is 1.51. The van der Waals surface area contributed by atoms with Crippen molar-refractivity contribution in [1.82, 2.24) is 5.43 Å². The van der Waals surface area contributed by atoms with Crippen LogP contribution in [0.4, 0.5) is 0 Å². The number of ether oxygens (including phenoxy) is 3. The molecule has 24 heavy (non-hydrogen) atoms. The minimum atomic E-state index is -0.267. The number of aryl methyl sites for hydroxylation is 1. The van der Waals surface area contributed by atoms with Gasteiger partial charge in [-0.25, -0.2) is 5.43 Å². The smallest absolute Gasteiger partial charge is 0.271 e. The number of hydrogen-bond acceptors (Lipinski definition) is 5. The fourth-order valence-corrected chi connectivity index (χ4v) is 2.23. The van der Waals surface area contributed by atoms with Crippen molar-refractivity contribution in [3.05, 3.63) is 53.1 Å². The van der Waals surface area contributed by atoms with Gasteiger partial charge in [0, 0.05) is 11.1 Å². The van der Waals surface area contributed by atoms with Gasteiger partial charge in [0.15, 0.2) is 11.5 Å². The zero-order valence-corrected chi connectivity index (χ0v) is 14.1. The number of methoxy groups -OCH3 is 3. The quantitative estimate of drug-likeness (QED) is 0.654. The van der Waals surface area contributed by atoms with Crippen molar-refractivity contribution in [1.29, 1.82) is 0 Å². The van der Waals surface area contributed by atoms with Gasteiger partial charge in [-0.1, -0.05) is 18.2 Å². The molecule has 0 unspecified atom stereocenters. The Morgan fingerprint density at radius 3 is 2.21 bits per heavy atom. The first kappa shape index (κ1) is 17.3. The second-order valence-electron chi connectivity index (χ2n) is 4.97. The third-order valence-electron chi connectivity index (χ3n) is 3.46. The van der Waals surface area contributed by atoms with Crippen molar-refractivity contribution in [3.63, 3.8) is 0 Å². The second-order valence-corrected chi connectivity index (χ2v) is 4.97. The molecule has 2 rings (SSSR count). The van der Waals surface area contributed by atoms with E-state index < -0.39 is 0 Å². The van der Waals surface area contributed by atoms with E-state index in [1.54, 1.807) is 18.2 Å². The highest BCUT2D eigenvalue weighted by Crippen LogP contribution is 2.37. The van der Waals surface area contributed by atoms with E-state index in [2.05, 4.69) is 10.5 Å². The highest BCUT2D eigenvalue weighted by molar-refractivity contribution is 5.96. The summed E-state index contributed by atoms with van der Waals surface area (Å²) in [6.45, 7) is 1.87. The highest BCUT2D eigenvalue weighted by atomic mass is 16.5. The van der Waals surface area contributed by atoms with Crippen molar-refractivity contribution in [3.8, 4) is 17.2 Å². The second kappa shape index (κ2) is 8.01. The number of benzene rings is 2. The lowest BCUT2D eigenvalue weighted by atomic mass is 10.1. The highest BCUT2D eigenvalue weighted by Gasteiger charge is 2.12. The summed E-state index contributed by atoms with van der Waals surface area (Å²) in [5, 5.41) is 3.99. The zero-order chi connectivity index (χ0) is 17.5. The number of hydrazone groups is 1. The van der Waals surface area contributed by atoms with E-state index in [1.807, 2.05) is 25.1 Å². The third-order valence-corrected chi connectivity index (χ3v) is 3.46. The van der Waals surface area contributed by atoms with Crippen molar-refractivity contribution >= 4 is 12.1 Å². The summed E-state index contributed by atoms with van der Waals surface area (Å²) in [6, 6.07) is 10.8. The average Bonchev–Trinajstić information content (AvgIpc) is 2.60. The fourth-order valence-electron chi connectivity index (χ4n) is 2.23. The number of nitrogens with zero attached hydrogens (tertiary/aromatic N) is 1. The Bertz CT molecular complexity index is 731. The molecule has 0 aromatic heterocycles. The first-order chi connectivity index (χ1) is 11.6. The van der Waals surface area contributed by atoms with Crippen LogP contribution in [0.3, 0.4) is 0 Å². The molecule has 0 spiro atoms. The van der Waals surface area contributed by atoms with Gasteiger partial charge >= 0.3 is 0 Å². The number of rotatable bonds is 6. The molecule has 0 radical (unpaired) electrons. The van der Waals surface area contributed by atoms with Gasteiger partial charge in [-0.15, -0.1) is 0 Å². The van der Waals surface area contributed by atoms with Crippen LogP contribution in [0.2, 0.25) is 0 Å². The molecular weight excluding hydrogens is 308 g/mol. The van der Waals surface area contributed by atoms with E-state index in [0.717, 1.165) is 5.56 Å². The SMILES string of the molecule is COc1cc(/C=N/NC(=O)c2ccccc2C)cc(OC)c1OC. The van der Waals surface area contributed by atoms with Gasteiger partial charge in [0.05, 0.1) is 27.5 Å². The Morgan fingerprint density at radius 1 is 1.04 bits per heavy atom. The van der Waals surface area contributed by atoms with E-state index in [4.69, 9.17) is 14.2 Å². The van der Waals surface area contributed by atoms with Gasteiger partial charge in [-0.05, 0) is 30.7 Å². The molecular formula is C18H20N2O4. The summed E-state index contributed by atoms with van der Waals surface area (Å²) in [4.78, 5) is 12.1. The molecule has 0 fully saturated rings. The van der Waals surface area contributed by atoms with Crippen LogP contribution in [0.1, 0.15) is 21.5 Å². The molecule has 1 amide bonds. The molecule has 0 atom stereocenters. The Kier molecular flexibility index (Phi) is 5.78. The van der Waals surface area contributed by atoms with E-state index in [1.165, 1.54) is 27.5 Å². The summed E-state index contributed by atoms with van der Waals surface area (Å²) >= 11 is 0. The predicted octanol–water partition coefficient (Wildman–Crippen LogP) is 2.78. The standard InChI is InChI=1S/C18H20N2O4/c1-12-7-5-6-8-14(12)18(21)20-19-11-13-9-15(22-2)17(24-4)16(10-13)23-3/h5-11H,1-4H3,(H,20,21)/b19-11+. The molecule has 0 aliphatic heterocycles. The molecule has 2 aromatic rings. The number of carbonyl (C=O) groups excluding carboxylic acids is 1. The van der Waals surface area contributed by atoms with Crippen LogP contribution in [0, 0.1) is 6.92 Å². The third kappa shape index (κ3) is 3.84. The number of amides is 1. The van der Waals surface area contributed by atoms with Gasteiger partial charge in [0.2, 0.25) is 5.75 Å². The molecule has 0 heterocycles. The summed E-state index contributed by atoms with van der Waals surface area (Å²) < 4.78 is 15.8. The molecule has 0 aliphatic rings. The van der Waals surface area contributed by atoms with Crippen molar-refractivity contribution in [2.75, 3.05) is 21.3 Å². The monoisotopic (exact) mass is 328 g/mol. The van der Waals surface area contributed by atoms with E-state index in [0.29, 0.717) is 28.4 Å². The summed E-state index contributed by atoms with van der Waals surface area (Å²) in [5.74, 6) is 1.27. The topological polar surface area (TPSA) is 69.2 Å². The van der Waals surface area contributed by atoms with Crippen LogP contribution in [0.15, 0.2) is 41.5 Å². The number of carbonyl (C=O) groups is 1. The molecule has 0 bridgehead atoms. The Morgan fingerprint density at radius 2 is 1.67 bits per heavy atom. The van der Waals surface area contributed by atoms with Gasteiger partial charge < -0.3 is 14.2 Å². The molecule has 0 saturated heterocycles. The van der Waals surface area contributed by atoms with Crippen LogP contribution in [0.25, 0.3) is 0 Å². The normalized spacial score (nSPS) is 10.5. The molecule has 6 heteroatoms. The maximum absolute atomic E-state index is 12.1. The van der Waals surface area contributed by atoms with E-state index in [9.17, 15) is 4.79 Å². The number of nitrogens with one attached hydrogen (secondary N) is 1. The van der Waals surface area contributed by atoms with Gasteiger partial charge in [-0.3, -0.25) is 4.79 Å². The minimum Gasteiger partial charge on any atom is -0.493 e. The first-order valence-electron chi connectivity index (χ1n) is 7.29. The fraction of sp³-hybridized carbons (Fsp3) is 0.222. The largest absolute Gasteiger partial charge is 0.493 e. The van der Waals surface area contributed by atoms with Gasteiger partial charge in [-0.2, -0.15) is 5.10 Å². The van der Waals surface area contributed by atoms with Crippen LogP contribution < -0.4 is 19.6 Å². The maximum atomic E-state index is 12.1. The summed E-state index contributed by atoms with van der Waals surface area (Å²) in [5.41, 5.74) is 4.68. The predicted molar refractivity (Wildman–Crippen MR) is 92.3 cm³/mol. The average molecular weight is 328 g/mol. The Balaban J connectivity index is 2.17. The van der Waals surface area contributed by atoms with Crippen LogP contribution in [-0.2, 0) is 0 Å². The molecule has 0 saturated carbocycles. The van der Waals surface area contributed by atoms with E-state index in [-0.39, 0.29) is 5.91 Å². The Hall–Kier alpha value is -3.02. The molecule has 1 N–H and O–H groups in total. The lowest BCUT2D eigenvalue weighted by Gasteiger charge is -2.12.